The van der Waals surface area contributed by atoms with Crippen LogP contribution in [0.15, 0.2) is 60.7 Å². The summed E-state index contributed by atoms with van der Waals surface area (Å²) in [6.07, 6.45) is 0.291. The molecule has 2 aromatic rings. The summed E-state index contributed by atoms with van der Waals surface area (Å²) in [7, 11) is 0. The van der Waals surface area contributed by atoms with Crippen molar-refractivity contribution in [3.8, 4) is 5.75 Å². The van der Waals surface area contributed by atoms with Gasteiger partial charge in [-0.15, -0.1) is 0 Å². The number of nitrogens with one attached hydrogen (secondary N) is 2. The van der Waals surface area contributed by atoms with E-state index in [0.29, 0.717) is 22.7 Å². The zero-order valence-electron chi connectivity index (χ0n) is 16.3. The van der Waals surface area contributed by atoms with Crippen molar-refractivity contribution in [1.82, 2.24) is 15.8 Å². The maximum absolute atomic E-state index is 12.9. The number of benzene rings is 2. The SMILES string of the molecule is CC[C@@]1(c2ccccc2)NC(=O)N(NC(=O)COC(=O)COc2ccccc2)C1=O. The molecular formula is C21H21N3O6. The Morgan fingerprint density at radius 3 is 2.27 bits per heavy atom. The van der Waals surface area contributed by atoms with Crippen molar-refractivity contribution in [2.45, 2.75) is 18.9 Å². The number of hydrogen-bond acceptors (Lipinski definition) is 6. The van der Waals surface area contributed by atoms with Gasteiger partial charge in [0.05, 0.1) is 0 Å². The molecule has 1 aliphatic heterocycles. The van der Waals surface area contributed by atoms with Crippen LogP contribution in [0.2, 0.25) is 0 Å². The molecule has 0 radical (unpaired) electrons. The fourth-order valence-electron chi connectivity index (χ4n) is 3.04. The van der Waals surface area contributed by atoms with Crippen LogP contribution in [-0.2, 0) is 24.7 Å². The largest absolute Gasteiger partial charge is 0.482 e. The Kier molecular flexibility index (Phi) is 6.31. The van der Waals surface area contributed by atoms with E-state index in [1.807, 2.05) is 0 Å². The molecule has 9 heteroatoms. The number of hydrogen-bond donors (Lipinski definition) is 2. The summed E-state index contributed by atoms with van der Waals surface area (Å²) in [5.74, 6) is -1.73. The molecule has 1 aliphatic rings. The molecule has 2 N–H and O–H groups in total. The van der Waals surface area contributed by atoms with Crippen molar-refractivity contribution in [3.63, 3.8) is 0 Å². The van der Waals surface area contributed by atoms with Crippen LogP contribution in [0.4, 0.5) is 4.79 Å². The number of para-hydroxylation sites is 1. The monoisotopic (exact) mass is 411 g/mol. The minimum absolute atomic E-state index is 0.291. The van der Waals surface area contributed by atoms with E-state index in [9.17, 15) is 19.2 Å². The van der Waals surface area contributed by atoms with Gasteiger partial charge in [-0.05, 0) is 24.1 Å². The zero-order valence-corrected chi connectivity index (χ0v) is 16.3. The first-order valence-electron chi connectivity index (χ1n) is 9.31. The van der Waals surface area contributed by atoms with E-state index < -0.39 is 36.0 Å². The van der Waals surface area contributed by atoms with Gasteiger partial charge in [-0.1, -0.05) is 55.5 Å². The van der Waals surface area contributed by atoms with E-state index in [1.54, 1.807) is 67.6 Å². The summed E-state index contributed by atoms with van der Waals surface area (Å²) in [5.41, 5.74) is 1.51. The molecule has 156 valence electrons. The van der Waals surface area contributed by atoms with Gasteiger partial charge in [-0.3, -0.25) is 15.0 Å². The Morgan fingerprint density at radius 2 is 1.63 bits per heavy atom. The van der Waals surface area contributed by atoms with E-state index in [2.05, 4.69) is 10.7 Å². The van der Waals surface area contributed by atoms with Gasteiger partial charge < -0.3 is 14.8 Å². The summed E-state index contributed by atoms with van der Waals surface area (Å²) in [5, 5.41) is 3.24. The second-order valence-electron chi connectivity index (χ2n) is 6.49. The highest BCUT2D eigenvalue weighted by atomic mass is 16.6. The molecule has 3 rings (SSSR count). The van der Waals surface area contributed by atoms with Crippen LogP contribution in [0.3, 0.4) is 0 Å². The molecule has 1 fully saturated rings. The standard InChI is InChI=1S/C21H21N3O6/c1-2-21(15-9-5-3-6-10-15)19(27)24(20(28)22-21)23-17(25)13-30-18(26)14-29-16-11-7-4-8-12-16/h3-12H,2,13-14H2,1H3,(H,22,28)(H,23,25)/t21-/m0/s1. The number of rotatable bonds is 8. The number of imide groups is 1. The zero-order chi connectivity index (χ0) is 21.6. The molecule has 0 aromatic heterocycles. The summed E-state index contributed by atoms with van der Waals surface area (Å²) in [6, 6.07) is 16.6. The van der Waals surface area contributed by atoms with Crippen LogP contribution >= 0.6 is 0 Å². The van der Waals surface area contributed by atoms with E-state index in [-0.39, 0.29) is 6.61 Å². The second-order valence-corrected chi connectivity index (χ2v) is 6.49. The lowest BCUT2D eigenvalue weighted by molar-refractivity contribution is -0.152. The third-order valence-corrected chi connectivity index (χ3v) is 4.59. The third kappa shape index (κ3) is 4.40. The first-order valence-corrected chi connectivity index (χ1v) is 9.31. The first kappa shape index (κ1) is 20.8. The predicted octanol–water partition coefficient (Wildman–Crippen LogP) is 1.50. The topological polar surface area (TPSA) is 114 Å². The molecule has 0 aliphatic carbocycles. The molecule has 9 nitrogen and oxygen atoms in total. The molecule has 0 bridgehead atoms. The number of carbonyl (C=O) groups excluding carboxylic acids is 4. The Bertz CT molecular complexity index is 934. The molecule has 4 amide bonds. The van der Waals surface area contributed by atoms with Gasteiger partial charge in [0, 0.05) is 0 Å². The minimum atomic E-state index is -1.27. The molecule has 1 saturated heterocycles. The van der Waals surface area contributed by atoms with Crippen molar-refractivity contribution in [2.75, 3.05) is 13.2 Å². The van der Waals surface area contributed by atoms with Crippen LogP contribution in [-0.4, -0.2) is 42.0 Å². The quantitative estimate of drug-likeness (QED) is 0.503. The van der Waals surface area contributed by atoms with Crippen LogP contribution in [0.5, 0.6) is 5.75 Å². The van der Waals surface area contributed by atoms with Crippen LogP contribution in [0, 0.1) is 0 Å². The summed E-state index contributed by atoms with van der Waals surface area (Å²) in [4.78, 5) is 49.1. The summed E-state index contributed by atoms with van der Waals surface area (Å²) in [6.45, 7) is 0.705. The molecule has 1 heterocycles. The fourth-order valence-corrected chi connectivity index (χ4v) is 3.04. The number of urea groups is 1. The van der Waals surface area contributed by atoms with Crippen molar-refractivity contribution in [2.24, 2.45) is 0 Å². The summed E-state index contributed by atoms with van der Waals surface area (Å²) < 4.78 is 10.0. The van der Waals surface area contributed by atoms with E-state index in [1.165, 1.54) is 0 Å². The van der Waals surface area contributed by atoms with E-state index in [4.69, 9.17) is 9.47 Å². The highest BCUT2D eigenvalue weighted by Gasteiger charge is 2.52. The van der Waals surface area contributed by atoms with Crippen molar-refractivity contribution in [3.05, 3.63) is 66.2 Å². The number of amides is 4. The van der Waals surface area contributed by atoms with Crippen molar-refractivity contribution in [1.29, 1.82) is 0 Å². The predicted molar refractivity (Wildman–Crippen MR) is 105 cm³/mol. The van der Waals surface area contributed by atoms with E-state index >= 15 is 0 Å². The number of ether oxygens (including phenoxy) is 2. The average molecular weight is 411 g/mol. The molecule has 0 spiro atoms. The first-order chi connectivity index (χ1) is 14.5. The lowest BCUT2D eigenvalue weighted by Crippen LogP contribution is -2.49. The Morgan fingerprint density at radius 1 is 1.00 bits per heavy atom. The molecular weight excluding hydrogens is 390 g/mol. The maximum Gasteiger partial charge on any atom is 0.344 e. The van der Waals surface area contributed by atoms with E-state index in [0.717, 1.165) is 0 Å². The summed E-state index contributed by atoms with van der Waals surface area (Å²) >= 11 is 0. The smallest absolute Gasteiger partial charge is 0.344 e. The lowest BCUT2D eigenvalue weighted by Gasteiger charge is -2.25. The normalized spacial score (nSPS) is 18.0. The van der Waals surface area contributed by atoms with Crippen molar-refractivity contribution < 1.29 is 28.7 Å². The van der Waals surface area contributed by atoms with Crippen LogP contribution < -0.4 is 15.5 Å². The Balaban J connectivity index is 1.54. The number of nitrogens with zero attached hydrogens (tertiary/aromatic N) is 1. The highest BCUT2D eigenvalue weighted by Crippen LogP contribution is 2.31. The van der Waals surface area contributed by atoms with Crippen LogP contribution in [0.25, 0.3) is 0 Å². The molecule has 2 aromatic carbocycles. The molecule has 1 atom stereocenters. The Hall–Kier alpha value is -3.88. The fraction of sp³-hybridized carbons (Fsp3) is 0.238. The molecule has 0 saturated carbocycles. The number of hydrazine groups is 1. The number of esters is 1. The average Bonchev–Trinajstić information content (AvgIpc) is 3.02. The van der Waals surface area contributed by atoms with Gasteiger partial charge in [0.25, 0.3) is 11.8 Å². The number of carbonyl (C=O) groups is 4. The van der Waals surface area contributed by atoms with Crippen molar-refractivity contribution >= 4 is 23.8 Å². The highest BCUT2D eigenvalue weighted by molar-refractivity contribution is 6.08. The van der Waals surface area contributed by atoms with Gasteiger partial charge in [0.2, 0.25) is 0 Å². The van der Waals surface area contributed by atoms with Gasteiger partial charge in [-0.2, -0.15) is 5.01 Å². The third-order valence-electron chi connectivity index (χ3n) is 4.59. The van der Waals surface area contributed by atoms with Gasteiger partial charge in [-0.25, -0.2) is 9.59 Å². The molecule has 0 unspecified atom stereocenters. The minimum Gasteiger partial charge on any atom is -0.482 e. The maximum atomic E-state index is 12.9. The molecule has 30 heavy (non-hydrogen) atoms. The van der Waals surface area contributed by atoms with Gasteiger partial charge in [0.1, 0.15) is 11.3 Å². The van der Waals surface area contributed by atoms with Gasteiger partial charge >= 0.3 is 12.0 Å². The van der Waals surface area contributed by atoms with Crippen LogP contribution in [0.1, 0.15) is 18.9 Å². The Labute approximate surface area is 172 Å². The lowest BCUT2D eigenvalue weighted by atomic mass is 9.87. The van der Waals surface area contributed by atoms with Gasteiger partial charge in [0.15, 0.2) is 13.2 Å². The second kappa shape index (κ2) is 9.08.